The molecule has 130 valence electrons. The van der Waals surface area contributed by atoms with Gasteiger partial charge in [-0.05, 0) is 37.3 Å². The third kappa shape index (κ3) is 3.40. The minimum atomic E-state index is -0.186. The van der Waals surface area contributed by atoms with E-state index in [2.05, 4.69) is 15.1 Å². The topological polar surface area (TPSA) is 72.6 Å². The lowest BCUT2D eigenvalue weighted by atomic mass is 10.2. The van der Waals surface area contributed by atoms with Gasteiger partial charge in [0.15, 0.2) is 0 Å². The second kappa shape index (κ2) is 6.89. The summed E-state index contributed by atoms with van der Waals surface area (Å²) in [7, 11) is 0. The first kappa shape index (κ1) is 16.2. The molecule has 1 saturated heterocycles. The van der Waals surface area contributed by atoms with Gasteiger partial charge in [0.25, 0.3) is 11.7 Å². The largest absolute Gasteiger partial charge is 0.376 e. The zero-order chi connectivity index (χ0) is 17.2. The van der Waals surface area contributed by atoms with Crippen LogP contribution < -0.4 is 0 Å². The molecule has 1 aliphatic rings. The monoisotopic (exact) mass is 357 g/mol. The quantitative estimate of drug-likeness (QED) is 0.701. The molecule has 3 aromatic rings. The molecule has 0 spiro atoms. The Labute approximate surface area is 149 Å². The maximum Gasteiger partial charge on any atom is 0.294 e. The molecule has 1 aliphatic heterocycles. The van der Waals surface area contributed by atoms with E-state index in [0.29, 0.717) is 18.9 Å². The van der Waals surface area contributed by atoms with Crippen molar-refractivity contribution in [2.75, 3.05) is 13.2 Å². The van der Waals surface area contributed by atoms with Gasteiger partial charge in [-0.1, -0.05) is 6.07 Å². The smallest absolute Gasteiger partial charge is 0.294 e. The van der Waals surface area contributed by atoms with Gasteiger partial charge in [-0.2, -0.15) is 4.98 Å². The number of hydrogen-bond acceptors (Lipinski definition) is 6. The van der Waals surface area contributed by atoms with Crippen molar-refractivity contribution in [1.82, 2.24) is 24.5 Å². The van der Waals surface area contributed by atoms with E-state index < -0.39 is 0 Å². The Balaban J connectivity index is 1.61. The molecule has 1 amide bonds. The molecule has 4 heterocycles. The van der Waals surface area contributed by atoms with Crippen molar-refractivity contribution < 1.29 is 9.53 Å². The molecule has 0 aromatic carbocycles. The summed E-state index contributed by atoms with van der Waals surface area (Å²) < 4.78 is 7.32. The Kier molecular flexibility index (Phi) is 4.46. The summed E-state index contributed by atoms with van der Waals surface area (Å²) in [6.07, 6.45) is 3.78. The Hall–Kier alpha value is -2.32. The minimum Gasteiger partial charge on any atom is -0.376 e. The average molecular weight is 357 g/mol. The van der Waals surface area contributed by atoms with Crippen LogP contribution in [0.5, 0.6) is 0 Å². The fraction of sp³-hybridized carbons (Fsp3) is 0.412. The number of fused-ring (bicyclic) bond motifs is 1. The highest BCUT2D eigenvalue weighted by Crippen LogP contribution is 2.18. The van der Waals surface area contributed by atoms with Crippen LogP contribution >= 0.6 is 11.3 Å². The predicted molar refractivity (Wildman–Crippen MR) is 93.6 cm³/mol. The molecular weight excluding hydrogens is 338 g/mol. The van der Waals surface area contributed by atoms with E-state index >= 15 is 0 Å². The standard InChI is InChI=1S/C17H19N5O2S/c1-12-6-7-18-17-19-15(20-22(12)17)16(23)21(10-13-4-2-8-24-13)11-14-5-3-9-25-14/h3,5-7,9,13H,2,4,8,10-11H2,1H3/t13-/m0/s1. The number of amides is 1. The van der Waals surface area contributed by atoms with Crippen molar-refractivity contribution in [2.45, 2.75) is 32.4 Å². The van der Waals surface area contributed by atoms with E-state index in [1.165, 1.54) is 0 Å². The summed E-state index contributed by atoms with van der Waals surface area (Å²) in [5, 5.41) is 6.37. The van der Waals surface area contributed by atoms with Crippen molar-refractivity contribution in [1.29, 1.82) is 0 Å². The molecular formula is C17H19N5O2S. The Morgan fingerprint density at radius 1 is 1.48 bits per heavy atom. The maximum absolute atomic E-state index is 13.0. The second-order valence-electron chi connectivity index (χ2n) is 6.13. The van der Waals surface area contributed by atoms with Crippen LogP contribution in [0.2, 0.25) is 0 Å². The molecule has 25 heavy (non-hydrogen) atoms. The first-order valence-corrected chi connectivity index (χ1v) is 9.20. The van der Waals surface area contributed by atoms with E-state index in [0.717, 1.165) is 30.0 Å². The van der Waals surface area contributed by atoms with E-state index in [4.69, 9.17) is 4.74 Å². The lowest BCUT2D eigenvalue weighted by Gasteiger charge is -2.23. The van der Waals surface area contributed by atoms with Gasteiger partial charge in [-0.25, -0.2) is 9.50 Å². The SMILES string of the molecule is Cc1ccnc2nc(C(=O)N(Cc3cccs3)C[C@@H]3CCCO3)nn12. The van der Waals surface area contributed by atoms with Gasteiger partial charge in [0.1, 0.15) is 0 Å². The third-order valence-electron chi connectivity index (χ3n) is 4.28. The number of ether oxygens (including phenoxy) is 1. The highest BCUT2D eigenvalue weighted by Gasteiger charge is 2.26. The van der Waals surface area contributed by atoms with Gasteiger partial charge < -0.3 is 9.64 Å². The molecule has 0 N–H and O–H groups in total. The maximum atomic E-state index is 13.0. The van der Waals surface area contributed by atoms with Crippen molar-refractivity contribution in [2.24, 2.45) is 0 Å². The molecule has 0 bridgehead atoms. The van der Waals surface area contributed by atoms with Crippen LogP contribution in [0.1, 0.15) is 34.0 Å². The number of hydrogen-bond donors (Lipinski definition) is 0. The number of nitrogens with zero attached hydrogens (tertiary/aromatic N) is 5. The molecule has 8 heteroatoms. The molecule has 3 aromatic heterocycles. The van der Waals surface area contributed by atoms with Crippen molar-refractivity contribution >= 4 is 23.0 Å². The van der Waals surface area contributed by atoms with E-state index in [9.17, 15) is 4.79 Å². The molecule has 0 saturated carbocycles. The van der Waals surface area contributed by atoms with Crippen LogP contribution in [0.15, 0.2) is 29.8 Å². The summed E-state index contributed by atoms with van der Waals surface area (Å²) in [5.74, 6) is 0.432. The van der Waals surface area contributed by atoms with Crippen LogP contribution in [0.3, 0.4) is 0 Å². The van der Waals surface area contributed by atoms with E-state index in [1.54, 1.807) is 26.9 Å². The fourth-order valence-electron chi connectivity index (χ4n) is 2.98. The van der Waals surface area contributed by atoms with Crippen LogP contribution in [0.25, 0.3) is 5.78 Å². The number of carbonyl (C=O) groups excluding carboxylic acids is 1. The molecule has 7 nitrogen and oxygen atoms in total. The number of aromatic nitrogens is 4. The number of rotatable bonds is 5. The van der Waals surface area contributed by atoms with Crippen LogP contribution in [0, 0.1) is 6.92 Å². The lowest BCUT2D eigenvalue weighted by molar-refractivity contribution is 0.0500. The normalized spacial score (nSPS) is 17.2. The van der Waals surface area contributed by atoms with Gasteiger partial charge in [0.05, 0.1) is 12.6 Å². The molecule has 0 unspecified atom stereocenters. The van der Waals surface area contributed by atoms with Gasteiger partial charge in [0, 0.05) is 29.9 Å². The summed E-state index contributed by atoms with van der Waals surface area (Å²) in [6.45, 7) is 3.77. The minimum absolute atomic E-state index is 0.0841. The van der Waals surface area contributed by atoms with Crippen molar-refractivity contribution in [3.05, 3.63) is 46.2 Å². The summed E-state index contributed by atoms with van der Waals surface area (Å²) in [5.41, 5.74) is 0.889. The van der Waals surface area contributed by atoms with Gasteiger partial charge in [-0.15, -0.1) is 16.4 Å². The van der Waals surface area contributed by atoms with Crippen LogP contribution in [-0.4, -0.2) is 49.6 Å². The summed E-state index contributed by atoms with van der Waals surface area (Å²) in [6, 6.07) is 5.86. The van der Waals surface area contributed by atoms with Crippen LogP contribution in [-0.2, 0) is 11.3 Å². The predicted octanol–water partition coefficient (Wildman–Crippen LogP) is 2.32. The lowest BCUT2D eigenvalue weighted by Crippen LogP contribution is -2.37. The highest BCUT2D eigenvalue weighted by molar-refractivity contribution is 7.09. The zero-order valence-electron chi connectivity index (χ0n) is 14.0. The van der Waals surface area contributed by atoms with E-state index in [1.807, 2.05) is 30.5 Å². The van der Waals surface area contributed by atoms with Gasteiger partial charge in [0.2, 0.25) is 5.82 Å². The summed E-state index contributed by atoms with van der Waals surface area (Å²) in [4.78, 5) is 24.5. The molecule has 4 rings (SSSR count). The first-order chi connectivity index (χ1) is 12.2. The number of thiophene rings is 1. The van der Waals surface area contributed by atoms with Crippen LogP contribution in [0.4, 0.5) is 0 Å². The molecule has 0 radical (unpaired) electrons. The number of carbonyl (C=O) groups is 1. The zero-order valence-corrected chi connectivity index (χ0v) is 14.8. The summed E-state index contributed by atoms with van der Waals surface area (Å²) >= 11 is 1.64. The highest BCUT2D eigenvalue weighted by atomic mass is 32.1. The first-order valence-electron chi connectivity index (χ1n) is 8.32. The Morgan fingerprint density at radius 2 is 2.40 bits per heavy atom. The second-order valence-corrected chi connectivity index (χ2v) is 7.17. The third-order valence-corrected chi connectivity index (χ3v) is 5.14. The Morgan fingerprint density at radius 3 is 3.12 bits per heavy atom. The van der Waals surface area contributed by atoms with Crippen molar-refractivity contribution in [3.8, 4) is 0 Å². The molecule has 0 aliphatic carbocycles. The molecule has 1 fully saturated rings. The average Bonchev–Trinajstić information content (AvgIpc) is 3.35. The van der Waals surface area contributed by atoms with E-state index in [-0.39, 0.29) is 17.8 Å². The van der Waals surface area contributed by atoms with Crippen molar-refractivity contribution in [3.63, 3.8) is 0 Å². The molecule has 1 atom stereocenters. The van der Waals surface area contributed by atoms with Gasteiger partial charge in [-0.3, -0.25) is 4.79 Å². The Bertz CT molecular complexity index is 870. The van der Waals surface area contributed by atoms with Gasteiger partial charge >= 0.3 is 0 Å². The number of aryl methyl sites for hydroxylation is 1. The fourth-order valence-corrected chi connectivity index (χ4v) is 3.70.